The highest BCUT2D eigenvalue weighted by Gasteiger charge is 2.12. The lowest BCUT2D eigenvalue weighted by molar-refractivity contribution is 0.119. The lowest BCUT2D eigenvalue weighted by Crippen LogP contribution is -2.27. The van der Waals surface area contributed by atoms with Crippen LogP contribution < -0.4 is 11.2 Å². The average Bonchev–Trinajstić information content (AvgIpc) is 2.19. The molecule has 0 aromatic heterocycles. The Kier molecular flexibility index (Phi) is 2.27. The topological polar surface area (TPSA) is 47.3 Å². The van der Waals surface area contributed by atoms with Gasteiger partial charge in [0.05, 0.1) is 6.61 Å². The first-order valence-corrected chi connectivity index (χ1v) is 2.98. The zero-order chi connectivity index (χ0) is 5.82. The van der Waals surface area contributed by atoms with Crippen molar-refractivity contribution in [1.82, 2.24) is 5.32 Å². The van der Waals surface area contributed by atoms with E-state index in [1.807, 2.05) is 0 Å². The third-order valence-electron chi connectivity index (χ3n) is 1.46. The Morgan fingerprint density at radius 2 is 2.62 bits per heavy atom. The highest BCUT2D eigenvalue weighted by Crippen LogP contribution is 2.03. The minimum absolute atomic E-state index is 0.514. The molecule has 3 N–H and O–H groups in total. The number of hydrogen-bond donors (Lipinski definition) is 2. The molecule has 0 radical (unpaired) electrons. The fraction of sp³-hybridized carbons (Fsp3) is 1.00. The summed E-state index contributed by atoms with van der Waals surface area (Å²) in [5.41, 5.74) is 0. The summed E-state index contributed by atoms with van der Waals surface area (Å²) >= 11 is 0. The van der Waals surface area contributed by atoms with Gasteiger partial charge in [0, 0.05) is 6.04 Å². The van der Waals surface area contributed by atoms with Gasteiger partial charge in [-0.15, -0.1) is 0 Å². The van der Waals surface area contributed by atoms with Gasteiger partial charge in [-0.05, 0) is 19.4 Å². The van der Waals surface area contributed by atoms with E-state index in [0.29, 0.717) is 12.6 Å². The summed E-state index contributed by atoms with van der Waals surface area (Å²) in [6.45, 7) is 1.77. The molecule has 48 valence electrons. The summed E-state index contributed by atoms with van der Waals surface area (Å²) in [6, 6.07) is 0.514. The van der Waals surface area contributed by atoms with E-state index in [1.54, 1.807) is 0 Å². The molecule has 0 aromatic rings. The molecule has 0 amide bonds. The zero-order valence-electron chi connectivity index (χ0n) is 4.89. The molecule has 8 heavy (non-hydrogen) atoms. The van der Waals surface area contributed by atoms with E-state index in [4.69, 9.17) is 5.90 Å². The van der Waals surface area contributed by atoms with Gasteiger partial charge in [-0.25, -0.2) is 5.90 Å². The van der Waals surface area contributed by atoms with Crippen molar-refractivity contribution in [1.29, 1.82) is 0 Å². The fourth-order valence-electron chi connectivity index (χ4n) is 1.02. The lowest BCUT2D eigenvalue weighted by atomic mass is 10.2. The second-order valence-electron chi connectivity index (χ2n) is 2.13. The smallest absolute Gasteiger partial charge is 0.0832 e. The molecule has 0 spiro atoms. The monoisotopic (exact) mass is 116 g/mol. The van der Waals surface area contributed by atoms with Crippen LogP contribution in [0.5, 0.6) is 0 Å². The summed E-state index contributed by atoms with van der Waals surface area (Å²) in [4.78, 5) is 4.46. The van der Waals surface area contributed by atoms with E-state index in [1.165, 1.54) is 12.8 Å². The molecule has 1 fully saturated rings. The summed E-state index contributed by atoms with van der Waals surface area (Å²) < 4.78 is 0. The Hall–Kier alpha value is -0.120. The molecule has 1 rings (SSSR count). The Labute approximate surface area is 49.2 Å². The maximum atomic E-state index is 4.87. The molecule has 1 aliphatic rings. The van der Waals surface area contributed by atoms with Crippen LogP contribution >= 0.6 is 0 Å². The lowest BCUT2D eigenvalue weighted by Gasteiger charge is -2.05. The predicted octanol–water partition coefficient (Wildman–Crippen LogP) is -0.371. The molecule has 1 saturated heterocycles. The molecule has 0 bridgehead atoms. The van der Waals surface area contributed by atoms with Crippen molar-refractivity contribution in [2.24, 2.45) is 5.90 Å². The van der Waals surface area contributed by atoms with Crippen LogP contribution in [-0.2, 0) is 4.84 Å². The first-order chi connectivity index (χ1) is 3.93. The van der Waals surface area contributed by atoms with Gasteiger partial charge in [0.1, 0.15) is 0 Å². The van der Waals surface area contributed by atoms with Crippen molar-refractivity contribution >= 4 is 0 Å². The number of nitrogens with one attached hydrogen (secondary N) is 1. The van der Waals surface area contributed by atoms with Gasteiger partial charge in [0.25, 0.3) is 0 Å². The SMILES string of the molecule is NOC[C@@H]1CCCN1. The molecule has 0 unspecified atom stereocenters. The highest BCUT2D eigenvalue weighted by molar-refractivity contribution is 4.72. The second-order valence-corrected chi connectivity index (χ2v) is 2.13. The van der Waals surface area contributed by atoms with Gasteiger partial charge in [0.2, 0.25) is 0 Å². The van der Waals surface area contributed by atoms with Crippen LogP contribution in [0, 0.1) is 0 Å². The van der Waals surface area contributed by atoms with E-state index in [9.17, 15) is 0 Å². The van der Waals surface area contributed by atoms with Gasteiger partial charge < -0.3 is 10.2 Å². The van der Waals surface area contributed by atoms with Crippen molar-refractivity contribution in [2.45, 2.75) is 18.9 Å². The maximum absolute atomic E-state index is 4.87. The minimum Gasteiger partial charge on any atom is -0.312 e. The van der Waals surface area contributed by atoms with E-state index in [-0.39, 0.29) is 0 Å². The van der Waals surface area contributed by atoms with Crippen LogP contribution in [0.3, 0.4) is 0 Å². The molecule has 3 nitrogen and oxygen atoms in total. The second kappa shape index (κ2) is 3.02. The first-order valence-electron chi connectivity index (χ1n) is 2.98. The van der Waals surface area contributed by atoms with Gasteiger partial charge >= 0.3 is 0 Å². The van der Waals surface area contributed by atoms with Crippen molar-refractivity contribution in [3.05, 3.63) is 0 Å². The van der Waals surface area contributed by atoms with Crippen LogP contribution in [0.15, 0.2) is 0 Å². The van der Waals surface area contributed by atoms with Crippen molar-refractivity contribution in [3.63, 3.8) is 0 Å². The van der Waals surface area contributed by atoms with Crippen LogP contribution in [0.2, 0.25) is 0 Å². The summed E-state index contributed by atoms with van der Waals surface area (Å²) in [5, 5.41) is 3.25. The molecule has 0 saturated carbocycles. The predicted molar refractivity (Wildman–Crippen MR) is 31.2 cm³/mol. The summed E-state index contributed by atoms with van der Waals surface area (Å²) in [6.07, 6.45) is 2.46. The van der Waals surface area contributed by atoms with Crippen LogP contribution in [0.25, 0.3) is 0 Å². The van der Waals surface area contributed by atoms with E-state index < -0.39 is 0 Å². The molecule has 0 aromatic carbocycles. The van der Waals surface area contributed by atoms with E-state index >= 15 is 0 Å². The molecule has 3 heteroatoms. The Bertz CT molecular complexity index is 61.4. The minimum atomic E-state index is 0.514. The third kappa shape index (κ3) is 1.43. The molecular weight excluding hydrogens is 104 g/mol. The first kappa shape index (κ1) is 6.01. The quantitative estimate of drug-likeness (QED) is 0.484. The van der Waals surface area contributed by atoms with Gasteiger partial charge in [-0.3, -0.25) is 0 Å². The van der Waals surface area contributed by atoms with Crippen molar-refractivity contribution in [2.75, 3.05) is 13.2 Å². The largest absolute Gasteiger partial charge is 0.312 e. The molecule has 1 aliphatic heterocycles. The third-order valence-corrected chi connectivity index (χ3v) is 1.46. The van der Waals surface area contributed by atoms with E-state index in [0.717, 1.165) is 6.54 Å². The highest BCUT2D eigenvalue weighted by atomic mass is 16.6. The van der Waals surface area contributed by atoms with Crippen molar-refractivity contribution < 1.29 is 4.84 Å². The van der Waals surface area contributed by atoms with Gasteiger partial charge in [0.15, 0.2) is 0 Å². The van der Waals surface area contributed by atoms with E-state index in [2.05, 4.69) is 10.2 Å². The molecule has 1 atom stereocenters. The maximum Gasteiger partial charge on any atom is 0.0832 e. The standard InChI is InChI=1S/C5H12N2O/c6-8-4-5-2-1-3-7-5/h5,7H,1-4,6H2/t5-/m0/s1. The van der Waals surface area contributed by atoms with Gasteiger partial charge in [-0.1, -0.05) is 0 Å². The fourth-order valence-corrected chi connectivity index (χ4v) is 1.02. The molecule has 0 aliphatic carbocycles. The number of hydrogen-bond acceptors (Lipinski definition) is 3. The Morgan fingerprint density at radius 1 is 1.75 bits per heavy atom. The Morgan fingerprint density at radius 3 is 3.12 bits per heavy atom. The summed E-state index contributed by atoms with van der Waals surface area (Å²) in [7, 11) is 0. The Balaban J connectivity index is 2.06. The zero-order valence-corrected chi connectivity index (χ0v) is 4.89. The van der Waals surface area contributed by atoms with Crippen LogP contribution in [0.1, 0.15) is 12.8 Å². The number of nitrogens with two attached hydrogens (primary N) is 1. The molecule has 1 heterocycles. The number of rotatable bonds is 2. The normalized spacial score (nSPS) is 28.9. The van der Waals surface area contributed by atoms with Crippen molar-refractivity contribution in [3.8, 4) is 0 Å². The average molecular weight is 116 g/mol. The summed E-state index contributed by atoms with van der Waals surface area (Å²) in [5.74, 6) is 4.87. The van der Waals surface area contributed by atoms with Crippen LogP contribution in [0.4, 0.5) is 0 Å². The van der Waals surface area contributed by atoms with Crippen LogP contribution in [-0.4, -0.2) is 19.2 Å². The van der Waals surface area contributed by atoms with Gasteiger partial charge in [-0.2, -0.15) is 0 Å². The molecular formula is C5H12N2O.